The SMILES string of the molecule is CN(C)CCN1CCN(Cc2ccc(Br)cc2N)CC1. The smallest absolute Gasteiger partial charge is 0.0371 e. The molecule has 0 unspecified atom stereocenters. The molecule has 1 saturated heterocycles. The number of nitrogens with zero attached hydrogens (tertiary/aromatic N) is 3. The molecule has 1 aromatic carbocycles. The third-order valence-electron chi connectivity index (χ3n) is 3.83. The Hall–Kier alpha value is -0.620. The van der Waals surface area contributed by atoms with Crippen molar-refractivity contribution in [3.63, 3.8) is 0 Å². The summed E-state index contributed by atoms with van der Waals surface area (Å²) in [6.07, 6.45) is 0. The van der Waals surface area contributed by atoms with Crippen LogP contribution in [0.1, 0.15) is 5.56 Å². The zero-order valence-electron chi connectivity index (χ0n) is 12.5. The molecule has 0 saturated carbocycles. The van der Waals surface area contributed by atoms with E-state index < -0.39 is 0 Å². The van der Waals surface area contributed by atoms with E-state index in [1.807, 2.05) is 6.07 Å². The van der Waals surface area contributed by atoms with E-state index in [0.717, 1.165) is 49.4 Å². The molecule has 1 aliphatic rings. The Morgan fingerprint density at radius 1 is 1.15 bits per heavy atom. The minimum absolute atomic E-state index is 0.884. The van der Waals surface area contributed by atoms with E-state index in [0.29, 0.717) is 0 Å². The van der Waals surface area contributed by atoms with Gasteiger partial charge in [0, 0.05) is 56.0 Å². The van der Waals surface area contributed by atoms with Crippen molar-refractivity contribution in [2.24, 2.45) is 0 Å². The van der Waals surface area contributed by atoms with Crippen LogP contribution >= 0.6 is 15.9 Å². The number of halogens is 1. The summed E-state index contributed by atoms with van der Waals surface area (Å²) in [5.74, 6) is 0. The summed E-state index contributed by atoms with van der Waals surface area (Å²) in [6.45, 7) is 7.84. The van der Waals surface area contributed by atoms with Crippen LogP contribution in [0.15, 0.2) is 22.7 Å². The molecule has 0 atom stereocenters. The quantitative estimate of drug-likeness (QED) is 0.828. The minimum Gasteiger partial charge on any atom is -0.398 e. The molecule has 0 amide bonds. The lowest BCUT2D eigenvalue weighted by Crippen LogP contribution is -2.47. The normalized spacial score (nSPS) is 17.8. The van der Waals surface area contributed by atoms with Crippen LogP contribution in [0.25, 0.3) is 0 Å². The van der Waals surface area contributed by atoms with E-state index in [1.54, 1.807) is 0 Å². The molecule has 20 heavy (non-hydrogen) atoms. The average molecular weight is 341 g/mol. The molecule has 1 heterocycles. The van der Waals surface area contributed by atoms with Gasteiger partial charge in [-0.2, -0.15) is 0 Å². The maximum absolute atomic E-state index is 6.07. The van der Waals surface area contributed by atoms with Crippen LogP contribution in [0, 0.1) is 0 Å². The first-order valence-electron chi connectivity index (χ1n) is 7.18. The van der Waals surface area contributed by atoms with Crippen LogP contribution in [0.2, 0.25) is 0 Å². The number of anilines is 1. The van der Waals surface area contributed by atoms with Crippen molar-refractivity contribution in [3.05, 3.63) is 28.2 Å². The lowest BCUT2D eigenvalue weighted by Gasteiger charge is -2.35. The van der Waals surface area contributed by atoms with E-state index in [4.69, 9.17) is 5.73 Å². The van der Waals surface area contributed by atoms with Gasteiger partial charge in [0.15, 0.2) is 0 Å². The van der Waals surface area contributed by atoms with Crippen molar-refractivity contribution in [3.8, 4) is 0 Å². The number of likely N-dealkylation sites (N-methyl/N-ethyl adjacent to an activating group) is 1. The third-order valence-corrected chi connectivity index (χ3v) is 4.32. The number of rotatable bonds is 5. The fourth-order valence-electron chi connectivity index (χ4n) is 2.46. The van der Waals surface area contributed by atoms with Crippen LogP contribution < -0.4 is 5.73 Å². The second-order valence-corrected chi connectivity index (χ2v) is 6.68. The lowest BCUT2D eigenvalue weighted by molar-refractivity contribution is 0.121. The highest BCUT2D eigenvalue weighted by Crippen LogP contribution is 2.20. The number of benzene rings is 1. The Morgan fingerprint density at radius 3 is 2.40 bits per heavy atom. The Bertz CT molecular complexity index is 428. The molecule has 0 radical (unpaired) electrons. The van der Waals surface area contributed by atoms with Crippen LogP contribution in [-0.2, 0) is 6.54 Å². The topological polar surface area (TPSA) is 35.7 Å². The van der Waals surface area contributed by atoms with Gasteiger partial charge in [0.25, 0.3) is 0 Å². The summed E-state index contributed by atoms with van der Waals surface area (Å²) in [7, 11) is 4.26. The van der Waals surface area contributed by atoms with Crippen molar-refractivity contribution in [2.45, 2.75) is 6.54 Å². The molecule has 1 aromatic rings. The van der Waals surface area contributed by atoms with Crippen LogP contribution in [0.3, 0.4) is 0 Å². The zero-order chi connectivity index (χ0) is 14.5. The van der Waals surface area contributed by atoms with Crippen LogP contribution in [0.5, 0.6) is 0 Å². The van der Waals surface area contributed by atoms with Gasteiger partial charge in [-0.3, -0.25) is 9.80 Å². The zero-order valence-corrected chi connectivity index (χ0v) is 14.1. The number of piperazine rings is 1. The Labute approximate surface area is 130 Å². The third kappa shape index (κ3) is 4.74. The average Bonchev–Trinajstić information content (AvgIpc) is 2.41. The van der Waals surface area contributed by atoms with E-state index in [2.05, 4.69) is 56.9 Å². The predicted molar refractivity (Wildman–Crippen MR) is 88.8 cm³/mol. The van der Waals surface area contributed by atoms with E-state index in [-0.39, 0.29) is 0 Å². The van der Waals surface area contributed by atoms with Crippen LogP contribution in [0.4, 0.5) is 5.69 Å². The summed E-state index contributed by atoms with van der Waals surface area (Å²) in [6, 6.07) is 6.18. The van der Waals surface area contributed by atoms with Gasteiger partial charge in [-0.15, -0.1) is 0 Å². The summed E-state index contributed by atoms with van der Waals surface area (Å²) < 4.78 is 1.05. The van der Waals surface area contributed by atoms with Crippen molar-refractivity contribution in [1.82, 2.24) is 14.7 Å². The van der Waals surface area contributed by atoms with Gasteiger partial charge in [-0.1, -0.05) is 22.0 Å². The van der Waals surface area contributed by atoms with E-state index in [9.17, 15) is 0 Å². The molecule has 0 bridgehead atoms. The van der Waals surface area contributed by atoms with Gasteiger partial charge in [-0.25, -0.2) is 0 Å². The number of hydrogen-bond donors (Lipinski definition) is 1. The highest BCUT2D eigenvalue weighted by atomic mass is 79.9. The number of nitrogens with two attached hydrogens (primary N) is 1. The van der Waals surface area contributed by atoms with Gasteiger partial charge in [-0.05, 0) is 31.8 Å². The van der Waals surface area contributed by atoms with Gasteiger partial charge in [0.1, 0.15) is 0 Å². The Kier molecular flexibility index (Phi) is 5.84. The van der Waals surface area contributed by atoms with Crippen molar-refractivity contribution in [2.75, 3.05) is 59.1 Å². The van der Waals surface area contributed by atoms with E-state index >= 15 is 0 Å². The largest absolute Gasteiger partial charge is 0.398 e. The minimum atomic E-state index is 0.884. The monoisotopic (exact) mass is 340 g/mol. The van der Waals surface area contributed by atoms with Gasteiger partial charge >= 0.3 is 0 Å². The summed E-state index contributed by atoms with van der Waals surface area (Å²) >= 11 is 3.45. The van der Waals surface area contributed by atoms with Gasteiger partial charge < -0.3 is 10.6 Å². The maximum Gasteiger partial charge on any atom is 0.0371 e. The molecule has 2 N–H and O–H groups in total. The molecule has 0 aliphatic carbocycles. The molecular formula is C15H25BrN4. The maximum atomic E-state index is 6.07. The molecule has 5 heteroatoms. The van der Waals surface area contributed by atoms with Crippen molar-refractivity contribution < 1.29 is 0 Å². The van der Waals surface area contributed by atoms with Crippen LogP contribution in [-0.4, -0.2) is 68.1 Å². The fraction of sp³-hybridized carbons (Fsp3) is 0.600. The molecule has 1 fully saturated rings. The summed E-state index contributed by atoms with van der Waals surface area (Å²) in [5, 5.41) is 0. The molecule has 4 nitrogen and oxygen atoms in total. The van der Waals surface area contributed by atoms with Crippen molar-refractivity contribution >= 4 is 21.6 Å². The first-order valence-corrected chi connectivity index (χ1v) is 7.97. The first-order chi connectivity index (χ1) is 9.54. The number of hydrogen-bond acceptors (Lipinski definition) is 4. The highest BCUT2D eigenvalue weighted by Gasteiger charge is 2.17. The summed E-state index contributed by atoms with van der Waals surface area (Å²) in [4.78, 5) is 7.28. The molecule has 0 spiro atoms. The van der Waals surface area contributed by atoms with Crippen molar-refractivity contribution in [1.29, 1.82) is 0 Å². The standard InChI is InChI=1S/C15H25BrN4/c1-18(2)5-6-19-7-9-20(10-8-19)12-13-3-4-14(16)11-15(13)17/h3-4,11H,5-10,12,17H2,1-2H3. The predicted octanol–water partition coefficient (Wildman–Crippen LogP) is 1.71. The molecule has 112 valence electrons. The van der Waals surface area contributed by atoms with Gasteiger partial charge in [0.2, 0.25) is 0 Å². The second-order valence-electron chi connectivity index (χ2n) is 5.76. The molecular weight excluding hydrogens is 316 g/mol. The highest BCUT2D eigenvalue weighted by molar-refractivity contribution is 9.10. The molecule has 1 aliphatic heterocycles. The molecule has 0 aromatic heterocycles. The molecule has 2 rings (SSSR count). The van der Waals surface area contributed by atoms with Gasteiger partial charge in [0.05, 0.1) is 0 Å². The van der Waals surface area contributed by atoms with E-state index in [1.165, 1.54) is 12.1 Å². The fourth-order valence-corrected chi connectivity index (χ4v) is 2.84. The second kappa shape index (κ2) is 7.41. The Morgan fingerprint density at radius 2 is 1.80 bits per heavy atom. The summed E-state index contributed by atoms with van der Waals surface area (Å²) in [5.41, 5.74) is 8.19. The Balaban J connectivity index is 1.79. The first kappa shape index (κ1) is 15.8. The number of nitrogen functional groups attached to an aromatic ring is 1. The lowest BCUT2D eigenvalue weighted by atomic mass is 10.1.